The summed E-state index contributed by atoms with van der Waals surface area (Å²) in [6.45, 7) is 0. The van der Waals surface area contributed by atoms with Gasteiger partial charge in [0.15, 0.2) is 17.3 Å². The number of hydrogen-bond acceptors (Lipinski definition) is 5. The van der Waals surface area contributed by atoms with E-state index >= 15 is 0 Å². The van der Waals surface area contributed by atoms with Gasteiger partial charge < -0.3 is 4.90 Å². The third kappa shape index (κ3) is 3.11. The first kappa shape index (κ1) is 23.8. The Morgan fingerprint density at radius 1 is 0.921 bits per heavy atom. The average Bonchev–Trinajstić information content (AvgIpc) is 3.62. The lowest BCUT2D eigenvalue weighted by Gasteiger charge is -2.37. The van der Waals surface area contributed by atoms with E-state index in [0.29, 0.717) is 21.0 Å². The smallest absolute Gasteiger partial charge is 0.195 e. The molecule has 1 saturated heterocycles. The molecular weight excluding hydrogens is 582 g/mol. The van der Waals surface area contributed by atoms with Crippen LogP contribution in [0.3, 0.4) is 0 Å². The second-order valence-corrected chi connectivity index (χ2v) is 12.1. The second-order valence-electron chi connectivity index (χ2n) is 9.80. The van der Waals surface area contributed by atoms with Gasteiger partial charge in [-0.05, 0) is 52.9 Å². The quantitative estimate of drug-likeness (QED) is 0.181. The van der Waals surface area contributed by atoms with Gasteiger partial charge in [0.1, 0.15) is 11.5 Å². The van der Waals surface area contributed by atoms with E-state index in [4.69, 9.17) is 11.6 Å². The fourth-order valence-electron chi connectivity index (χ4n) is 6.56. The standard InChI is InChI=1S/C31H19BrClNO3S/c32-19-10-7-17(8-11-19)26-27(28(35)24-6-3-15-38-24)34-23-13-12-20(33)16-18(23)9-14-25(34)31(26)29(36)21-4-1-2-5-22(21)30(31)37/h1-16,25-27H/t25-,26+,27+/m1/s1. The Kier molecular flexibility index (Phi) is 5.38. The van der Waals surface area contributed by atoms with Crippen LogP contribution in [-0.4, -0.2) is 29.4 Å². The lowest BCUT2D eigenvalue weighted by atomic mass is 9.64. The molecule has 1 spiro atoms. The molecule has 1 aliphatic carbocycles. The van der Waals surface area contributed by atoms with E-state index in [0.717, 1.165) is 21.3 Å². The summed E-state index contributed by atoms with van der Waals surface area (Å²) in [5.41, 5.74) is 1.74. The van der Waals surface area contributed by atoms with Crippen LogP contribution in [0.4, 0.5) is 5.69 Å². The molecule has 0 radical (unpaired) electrons. The predicted octanol–water partition coefficient (Wildman–Crippen LogP) is 7.48. The highest BCUT2D eigenvalue weighted by molar-refractivity contribution is 9.10. The summed E-state index contributed by atoms with van der Waals surface area (Å²) in [5, 5.41) is 2.45. The van der Waals surface area contributed by atoms with Crippen LogP contribution < -0.4 is 4.90 Å². The number of Topliss-reactive ketones (excluding diaryl/α,β-unsaturated/α-hetero) is 3. The average molecular weight is 601 g/mol. The molecule has 4 nitrogen and oxygen atoms in total. The van der Waals surface area contributed by atoms with Crippen molar-refractivity contribution in [3.8, 4) is 0 Å². The number of rotatable bonds is 3. The minimum Gasteiger partial charge on any atom is -0.352 e. The van der Waals surface area contributed by atoms with Crippen LogP contribution in [0.1, 0.15) is 47.4 Å². The van der Waals surface area contributed by atoms with E-state index in [1.807, 2.05) is 64.9 Å². The molecule has 2 aliphatic heterocycles. The Hall–Kier alpha value is -3.32. The fraction of sp³-hybridized carbons (Fsp3) is 0.129. The number of carbonyl (C=O) groups excluding carboxylic acids is 3. The highest BCUT2D eigenvalue weighted by Gasteiger charge is 2.71. The summed E-state index contributed by atoms with van der Waals surface area (Å²) < 4.78 is 0.874. The molecule has 0 amide bonds. The van der Waals surface area contributed by atoms with E-state index in [2.05, 4.69) is 15.9 Å². The van der Waals surface area contributed by atoms with E-state index in [1.165, 1.54) is 11.3 Å². The molecule has 186 valence electrons. The van der Waals surface area contributed by atoms with Crippen molar-refractivity contribution in [3.05, 3.63) is 127 Å². The fourth-order valence-corrected chi connectivity index (χ4v) is 7.70. The number of fused-ring (bicyclic) bond motifs is 5. The number of nitrogens with zero attached hydrogens (tertiary/aromatic N) is 1. The summed E-state index contributed by atoms with van der Waals surface area (Å²) in [4.78, 5) is 46.1. The zero-order valence-electron chi connectivity index (χ0n) is 19.8. The minimum absolute atomic E-state index is 0.109. The van der Waals surface area contributed by atoms with Crippen LogP contribution >= 0.6 is 38.9 Å². The van der Waals surface area contributed by atoms with Gasteiger partial charge in [-0.2, -0.15) is 0 Å². The van der Waals surface area contributed by atoms with E-state index in [-0.39, 0.29) is 17.3 Å². The number of hydrogen-bond donors (Lipinski definition) is 0. The monoisotopic (exact) mass is 599 g/mol. The maximum absolute atomic E-state index is 14.5. The molecule has 3 atom stereocenters. The van der Waals surface area contributed by atoms with Crippen molar-refractivity contribution in [3.63, 3.8) is 0 Å². The Morgan fingerprint density at radius 3 is 2.29 bits per heavy atom. The Balaban J connectivity index is 1.56. The summed E-state index contributed by atoms with van der Waals surface area (Å²) in [5.74, 6) is -1.29. The molecule has 3 aliphatic rings. The zero-order valence-corrected chi connectivity index (χ0v) is 23.0. The summed E-state index contributed by atoms with van der Waals surface area (Å²) in [6, 6.07) is 22.4. The Morgan fingerprint density at radius 2 is 1.63 bits per heavy atom. The highest BCUT2D eigenvalue weighted by atomic mass is 79.9. The SMILES string of the molecule is O=C(c1cccs1)[C@@H]1[C@H](c2ccc(Br)cc2)C2(C(=O)c3ccccc3C2=O)[C@H]2C=Cc3cc(Cl)ccc3N12. The lowest BCUT2D eigenvalue weighted by molar-refractivity contribution is 0.0666. The van der Waals surface area contributed by atoms with Gasteiger partial charge in [0, 0.05) is 32.2 Å². The van der Waals surface area contributed by atoms with Crippen molar-refractivity contribution < 1.29 is 14.4 Å². The second kappa shape index (κ2) is 8.60. The Bertz CT molecular complexity index is 1640. The number of ketones is 3. The van der Waals surface area contributed by atoms with E-state index in [9.17, 15) is 14.4 Å². The van der Waals surface area contributed by atoms with Gasteiger partial charge in [0.25, 0.3) is 0 Å². The number of halogens is 2. The molecule has 0 saturated carbocycles. The third-order valence-electron chi connectivity index (χ3n) is 8.03. The maximum atomic E-state index is 14.5. The summed E-state index contributed by atoms with van der Waals surface area (Å²) in [6.07, 6.45) is 3.83. The lowest BCUT2D eigenvalue weighted by Crippen LogP contribution is -2.48. The van der Waals surface area contributed by atoms with Gasteiger partial charge in [0.05, 0.1) is 10.9 Å². The first-order valence-corrected chi connectivity index (χ1v) is 14.3. The molecular formula is C31H19BrClNO3S. The first-order valence-electron chi connectivity index (χ1n) is 12.2. The van der Waals surface area contributed by atoms with Crippen molar-refractivity contribution in [2.24, 2.45) is 5.41 Å². The molecule has 7 rings (SSSR count). The van der Waals surface area contributed by atoms with E-state index in [1.54, 1.807) is 36.4 Å². The summed E-state index contributed by atoms with van der Waals surface area (Å²) >= 11 is 11.2. The van der Waals surface area contributed by atoms with E-state index < -0.39 is 23.4 Å². The number of carbonyl (C=O) groups is 3. The van der Waals surface area contributed by atoms with Gasteiger partial charge in [0.2, 0.25) is 0 Å². The van der Waals surface area contributed by atoms with Crippen LogP contribution in [-0.2, 0) is 0 Å². The maximum Gasteiger partial charge on any atom is 0.195 e. The molecule has 1 aromatic heterocycles. The molecule has 3 heterocycles. The Labute approximate surface area is 236 Å². The van der Waals surface area contributed by atoms with Crippen molar-refractivity contribution in [2.75, 3.05) is 4.90 Å². The van der Waals surface area contributed by atoms with Gasteiger partial charge in [-0.3, -0.25) is 14.4 Å². The van der Waals surface area contributed by atoms with Gasteiger partial charge >= 0.3 is 0 Å². The topological polar surface area (TPSA) is 54.5 Å². The first-order chi connectivity index (χ1) is 18.4. The number of anilines is 1. The van der Waals surface area contributed by atoms with Gasteiger partial charge in [-0.25, -0.2) is 0 Å². The normalized spacial score (nSPS) is 22.5. The van der Waals surface area contributed by atoms with Crippen molar-refractivity contribution in [1.82, 2.24) is 0 Å². The molecule has 1 fully saturated rings. The zero-order chi connectivity index (χ0) is 26.2. The molecule has 4 aromatic rings. The molecule has 7 heteroatoms. The highest BCUT2D eigenvalue weighted by Crippen LogP contribution is 2.61. The summed E-state index contributed by atoms with van der Waals surface area (Å²) in [7, 11) is 0. The van der Waals surface area contributed by atoms with Crippen molar-refractivity contribution in [2.45, 2.75) is 18.0 Å². The molecule has 0 unspecified atom stereocenters. The van der Waals surface area contributed by atoms with Crippen LogP contribution in [0.25, 0.3) is 6.08 Å². The van der Waals surface area contributed by atoms with Crippen LogP contribution in [0, 0.1) is 5.41 Å². The van der Waals surface area contributed by atoms with Crippen LogP contribution in [0.5, 0.6) is 0 Å². The van der Waals surface area contributed by atoms with Crippen LogP contribution in [0.15, 0.2) is 94.8 Å². The molecule has 0 bridgehead atoms. The largest absolute Gasteiger partial charge is 0.352 e. The number of thiophene rings is 1. The van der Waals surface area contributed by atoms with Gasteiger partial charge in [-0.15, -0.1) is 11.3 Å². The number of benzene rings is 3. The van der Waals surface area contributed by atoms with Crippen molar-refractivity contribution >= 4 is 68.0 Å². The predicted molar refractivity (Wildman–Crippen MR) is 154 cm³/mol. The van der Waals surface area contributed by atoms with Crippen LogP contribution in [0.2, 0.25) is 5.02 Å². The molecule has 3 aromatic carbocycles. The third-order valence-corrected chi connectivity index (χ3v) is 9.68. The molecule has 0 N–H and O–H groups in total. The van der Waals surface area contributed by atoms with Gasteiger partial charge in [-0.1, -0.05) is 82.1 Å². The van der Waals surface area contributed by atoms with Crippen molar-refractivity contribution in [1.29, 1.82) is 0 Å². The minimum atomic E-state index is -1.50. The molecule has 38 heavy (non-hydrogen) atoms.